The van der Waals surface area contributed by atoms with Crippen molar-refractivity contribution in [3.05, 3.63) is 56.2 Å². The van der Waals surface area contributed by atoms with E-state index in [-0.39, 0.29) is 11.5 Å². The van der Waals surface area contributed by atoms with E-state index in [2.05, 4.69) is 36.8 Å². The monoisotopic (exact) mass is 382 g/mol. The van der Waals surface area contributed by atoms with Crippen LogP contribution in [0.1, 0.15) is 28.5 Å². The summed E-state index contributed by atoms with van der Waals surface area (Å²) in [6.45, 7) is 1.45. The Bertz CT molecular complexity index is 627. The third-order valence-electron chi connectivity index (χ3n) is 2.77. The number of aromatic nitrogens is 1. The summed E-state index contributed by atoms with van der Waals surface area (Å²) >= 11 is 6.87. The van der Waals surface area contributed by atoms with Gasteiger partial charge in [0.15, 0.2) is 5.78 Å². The molecule has 1 aromatic heterocycles. The Morgan fingerprint density at radius 1 is 1.26 bits per heavy atom. The minimum Gasteiger partial charge on any atom is -0.396 e. The summed E-state index contributed by atoms with van der Waals surface area (Å²) in [5, 5.41) is 0. The van der Waals surface area contributed by atoms with Gasteiger partial charge in [-0.1, -0.05) is 30.3 Å². The van der Waals surface area contributed by atoms with Gasteiger partial charge >= 0.3 is 0 Å². The zero-order valence-corrected chi connectivity index (χ0v) is 13.5. The third kappa shape index (κ3) is 3.04. The van der Waals surface area contributed by atoms with E-state index >= 15 is 0 Å². The molecule has 0 spiro atoms. The summed E-state index contributed by atoms with van der Waals surface area (Å²) in [5.41, 5.74) is 8.73. The van der Waals surface area contributed by atoms with Gasteiger partial charge in [0.2, 0.25) is 0 Å². The van der Waals surface area contributed by atoms with E-state index in [9.17, 15) is 4.79 Å². The maximum absolute atomic E-state index is 11.5. The fourth-order valence-corrected chi connectivity index (χ4v) is 3.10. The molecule has 0 saturated carbocycles. The molecule has 19 heavy (non-hydrogen) atoms. The maximum atomic E-state index is 11.5. The van der Waals surface area contributed by atoms with Crippen molar-refractivity contribution in [2.45, 2.75) is 13.3 Å². The molecule has 2 rings (SSSR count). The van der Waals surface area contributed by atoms with Crippen LogP contribution in [0, 0.1) is 0 Å². The first-order chi connectivity index (χ1) is 9.00. The van der Waals surface area contributed by atoms with E-state index in [1.807, 2.05) is 30.3 Å². The number of ketones is 1. The second kappa shape index (κ2) is 5.84. The summed E-state index contributed by atoms with van der Waals surface area (Å²) in [5.74, 6) is -0.148. The normalized spacial score (nSPS) is 10.5. The molecule has 0 amide bonds. The number of halogens is 2. The van der Waals surface area contributed by atoms with E-state index in [0.717, 1.165) is 15.6 Å². The molecule has 0 saturated heterocycles. The highest BCUT2D eigenvalue weighted by Gasteiger charge is 2.17. The highest BCUT2D eigenvalue weighted by Crippen LogP contribution is 2.33. The minimum absolute atomic E-state index is 0.148. The SMILES string of the molecule is CC(=O)c1nc(Br)c(Cc2ccccc2)c(Br)c1N. The van der Waals surface area contributed by atoms with Crippen LogP contribution in [0.3, 0.4) is 0 Å². The molecule has 1 heterocycles. The fraction of sp³-hybridized carbons (Fsp3) is 0.143. The molecule has 5 heteroatoms. The van der Waals surface area contributed by atoms with E-state index in [0.29, 0.717) is 16.7 Å². The van der Waals surface area contributed by atoms with Crippen molar-refractivity contribution in [1.82, 2.24) is 4.98 Å². The van der Waals surface area contributed by atoms with Crippen molar-refractivity contribution in [3.63, 3.8) is 0 Å². The molecule has 0 fully saturated rings. The van der Waals surface area contributed by atoms with Crippen molar-refractivity contribution in [3.8, 4) is 0 Å². The van der Waals surface area contributed by atoms with E-state index in [1.54, 1.807) is 0 Å². The number of benzene rings is 1. The van der Waals surface area contributed by atoms with Crippen LogP contribution in [0.4, 0.5) is 5.69 Å². The molecule has 0 aliphatic heterocycles. The Labute approximate surface area is 128 Å². The Hall–Kier alpha value is -1.20. The first kappa shape index (κ1) is 14.2. The average Bonchev–Trinajstić information content (AvgIpc) is 2.40. The lowest BCUT2D eigenvalue weighted by molar-refractivity contribution is 0.101. The Morgan fingerprint density at radius 2 is 1.89 bits per heavy atom. The molecular formula is C14H12Br2N2O. The van der Waals surface area contributed by atoms with Gasteiger partial charge in [-0.25, -0.2) is 4.98 Å². The lowest BCUT2D eigenvalue weighted by Gasteiger charge is -2.12. The number of nitrogens with two attached hydrogens (primary N) is 1. The van der Waals surface area contributed by atoms with E-state index in [4.69, 9.17) is 5.73 Å². The van der Waals surface area contributed by atoms with Gasteiger partial charge in [-0.05, 0) is 37.4 Å². The summed E-state index contributed by atoms with van der Waals surface area (Å²) in [6, 6.07) is 10.0. The fourth-order valence-electron chi connectivity index (χ4n) is 1.80. The van der Waals surface area contributed by atoms with Crippen molar-refractivity contribution < 1.29 is 4.79 Å². The maximum Gasteiger partial charge on any atom is 0.180 e. The molecule has 0 unspecified atom stereocenters. The second-order valence-corrected chi connectivity index (χ2v) is 5.72. The first-order valence-electron chi connectivity index (χ1n) is 5.69. The molecule has 2 N–H and O–H groups in total. The van der Waals surface area contributed by atoms with Gasteiger partial charge in [0.25, 0.3) is 0 Å². The molecule has 98 valence electrons. The van der Waals surface area contributed by atoms with Gasteiger partial charge in [0.1, 0.15) is 10.3 Å². The Kier molecular flexibility index (Phi) is 4.37. The molecule has 0 bridgehead atoms. The third-order valence-corrected chi connectivity index (χ3v) is 4.33. The van der Waals surface area contributed by atoms with E-state index in [1.165, 1.54) is 6.92 Å². The highest BCUT2D eigenvalue weighted by atomic mass is 79.9. The molecular weight excluding hydrogens is 372 g/mol. The average molecular weight is 384 g/mol. The number of carbonyl (C=O) groups excluding carboxylic acids is 1. The van der Waals surface area contributed by atoms with Crippen molar-refractivity contribution in [1.29, 1.82) is 0 Å². The van der Waals surface area contributed by atoms with Crippen LogP contribution in [0.5, 0.6) is 0 Å². The summed E-state index contributed by atoms with van der Waals surface area (Å²) in [4.78, 5) is 15.7. The molecule has 0 aliphatic rings. The topological polar surface area (TPSA) is 56.0 Å². The number of nitrogens with zero attached hydrogens (tertiary/aromatic N) is 1. The van der Waals surface area contributed by atoms with E-state index < -0.39 is 0 Å². The number of anilines is 1. The quantitative estimate of drug-likeness (QED) is 0.644. The predicted octanol–water partition coefficient (Wildman–Crippen LogP) is 3.98. The van der Waals surface area contributed by atoms with Crippen molar-refractivity contribution in [2.75, 3.05) is 5.73 Å². The van der Waals surface area contributed by atoms with Crippen LogP contribution in [-0.4, -0.2) is 10.8 Å². The molecule has 0 aliphatic carbocycles. The summed E-state index contributed by atoms with van der Waals surface area (Å²) in [7, 11) is 0. The molecule has 2 aromatic rings. The minimum atomic E-state index is -0.148. The zero-order chi connectivity index (χ0) is 14.0. The van der Waals surface area contributed by atoms with Gasteiger partial charge in [0.05, 0.1) is 5.69 Å². The Morgan fingerprint density at radius 3 is 2.47 bits per heavy atom. The van der Waals surface area contributed by atoms with Crippen LogP contribution in [0.25, 0.3) is 0 Å². The number of rotatable bonds is 3. The molecule has 3 nitrogen and oxygen atoms in total. The standard InChI is InChI=1S/C14H12Br2N2O/c1-8(19)13-12(17)11(15)10(14(16)18-13)7-9-5-3-2-4-6-9/h2-6H,7,17H2,1H3. The van der Waals surface area contributed by atoms with Gasteiger partial charge in [0, 0.05) is 23.4 Å². The molecule has 1 aromatic carbocycles. The van der Waals surface area contributed by atoms with Crippen molar-refractivity contribution >= 4 is 43.3 Å². The lowest BCUT2D eigenvalue weighted by atomic mass is 10.1. The Balaban J connectivity index is 2.48. The smallest absolute Gasteiger partial charge is 0.180 e. The van der Waals surface area contributed by atoms with Gasteiger partial charge in [-0.2, -0.15) is 0 Å². The van der Waals surface area contributed by atoms with Crippen LogP contribution < -0.4 is 5.73 Å². The van der Waals surface area contributed by atoms with Gasteiger partial charge in [-0.15, -0.1) is 0 Å². The second-order valence-electron chi connectivity index (χ2n) is 4.18. The highest BCUT2D eigenvalue weighted by molar-refractivity contribution is 9.11. The van der Waals surface area contributed by atoms with Crippen LogP contribution in [-0.2, 0) is 6.42 Å². The first-order valence-corrected chi connectivity index (χ1v) is 7.27. The zero-order valence-electron chi connectivity index (χ0n) is 10.3. The number of carbonyl (C=O) groups is 1. The molecule has 0 radical (unpaired) electrons. The van der Waals surface area contributed by atoms with Gasteiger partial charge in [-0.3, -0.25) is 4.79 Å². The lowest BCUT2D eigenvalue weighted by Crippen LogP contribution is -2.07. The van der Waals surface area contributed by atoms with Crippen molar-refractivity contribution in [2.24, 2.45) is 0 Å². The predicted molar refractivity (Wildman–Crippen MR) is 83.3 cm³/mol. The van der Waals surface area contributed by atoms with Crippen LogP contribution in [0.15, 0.2) is 39.4 Å². The number of hydrogen-bond acceptors (Lipinski definition) is 3. The summed E-state index contributed by atoms with van der Waals surface area (Å²) < 4.78 is 1.37. The van der Waals surface area contributed by atoms with Gasteiger partial charge < -0.3 is 5.73 Å². The molecule has 0 atom stereocenters. The number of hydrogen-bond donors (Lipinski definition) is 1. The number of pyridine rings is 1. The van der Waals surface area contributed by atoms with Crippen LogP contribution in [0.2, 0.25) is 0 Å². The summed E-state index contributed by atoms with van der Waals surface area (Å²) in [6.07, 6.45) is 0.692. The largest absolute Gasteiger partial charge is 0.396 e. The number of nitrogen functional groups attached to an aromatic ring is 1. The number of Topliss-reactive ketones (excluding diaryl/α,β-unsaturated/α-hetero) is 1. The van der Waals surface area contributed by atoms with Crippen LogP contribution >= 0.6 is 31.9 Å².